The van der Waals surface area contributed by atoms with Gasteiger partial charge in [0.15, 0.2) is 0 Å². The van der Waals surface area contributed by atoms with E-state index in [0.717, 1.165) is 15.2 Å². The lowest BCUT2D eigenvalue weighted by Gasteiger charge is -2.13. The zero-order valence-electron chi connectivity index (χ0n) is 12.2. The summed E-state index contributed by atoms with van der Waals surface area (Å²) < 4.78 is 1.11. The number of rotatable bonds is 4. The maximum Gasteiger partial charge on any atom is 0.101 e. The second-order valence-corrected chi connectivity index (χ2v) is 6.84. The van der Waals surface area contributed by atoms with Crippen LogP contribution in [0.15, 0.2) is 44.7 Å². The number of nitrogens with one attached hydrogen (secondary N) is 1. The van der Waals surface area contributed by atoms with Gasteiger partial charge in [-0.15, -0.1) is 0 Å². The second-order valence-electron chi connectivity index (χ2n) is 4.93. The highest BCUT2D eigenvalue weighted by Crippen LogP contribution is 2.34. The molecule has 0 saturated heterocycles. The summed E-state index contributed by atoms with van der Waals surface area (Å²) in [5.74, 6) is 0. The zero-order chi connectivity index (χ0) is 14.7. The summed E-state index contributed by atoms with van der Waals surface area (Å²) in [5, 5.41) is 4.29. The first kappa shape index (κ1) is 15.5. The van der Waals surface area contributed by atoms with Crippen molar-refractivity contribution in [1.29, 1.82) is 0 Å². The molecule has 20 heavy (non-hydrogen) atoms. The van der Waals surface area contributed by atoms with E-state index < -0.39 is 0 Å². The van der Waals surface area contributed by atoms with Crippen LogP contribution in [0, 0.1) is 13.8 Å². The van der Waals surface area contributed by atoms with Crippen LogP contribution >= 0.6 is 27.7 Å². The summed E-state index contributed by atoms with van der Waals surface area (Å²) in [6.45, 7) is 6.29. The van der Waals surface area contributed by atoms with Crippen LogP contribution in [0.4, 0.5) is 0 Å². The quantitative estimate of drug-likeness (QED) is 0.849. The molecule has 0 fully saturated rings. The molecule has 0 amide bonds. The molecule has 2 aromatic rings. The number of aromatic nitrogens is 1. The first-order valence-electron chi connectivity index (χ1n) is 6.59. The van der Waals surface area contributed by atoms with Gasteiger partial charge in [-0.1, -0.05) is 17.8 Å². The molecule has 0 bridgehead atoms. The van der Waals surface area contributed by atoms with Crippen LogP contribution in [-0.2, 0) is 0 Å². The third-order valence-electron chi connectivity index (χ3n) is 3.18. The SMILES string of the molecule is CNC(C)c1ccc(Sc2cc(C)cc(C)n2)c(Br)c1. The summed E-state index contributed by atoms with van der Waals surface area (Å²) in [7, 11) is 1.97. The van der Waals surface area contributed by atoms with Gasteiger partial charge in [0.2, 0.25) is 0 Å². The van der Waals surface area contributed by atoms with Crippen molar-refractivity contribution in [3.63, 3.8) is 0 Å². The predicted octanol–water partition coefficient (Wildman–Crippen LogP) is 4.89. The van der Waals surface area contributed by atoms with Crippen LogP contribution in [0.25, 0.3) is 0 Å². The Morgan fingerprint density at radius 3 is 2.55 bits per heavy atom. The van der Waals surface area contributed by atoms with Crippen molar-refractivity contribution in [3.05, 3.63) is 51.6 Å². The molecule has 1 atom stereocenters. The van der Waals surface area contributed by atoms with Gasteiger partial charge < -0.3 is 5.32 Å². The molecule has 1 aromatic carbocycles. The fourth-order valence-corrected chi connectivity index (χ4v) is 3.60. The van der Waals surface area contributed by atoms with Crippen LogP contribution in [0.1, 0.15) is 29.8 Å². The van der Waals surface area contributed by atoms with E-state index in [9.17, 15) is 0 Å². The molecule has 2 rings (SSSR count). The number of halogens is 1. The topological polar surface area (TPSA) is 24.9 Å². The molecule has 0 aliphatic rings. The van der Waals surface area contributed by atoms with Crippen molar-refractivity contribution in [2.75, 3.05) is 7.05 Å². The van der Waals surface area contributed by atoms with Crippen molar-refractivity contribution in [2.45, 2.75) is 36.7 Å². The molecule has 2 nitrogen and oxygen atoms in total. The average molecular weight is 351 g/mol. The Morgan fingerprint density at radius 2 is 1.95 bits per heavy atom. The Kier molecular flexibility index (Phi) is 5.24. The number of aryl methyl sites for hydroxylation is 2. The Balaban J connectivity index is 2.25. The molecule has 0 spiro atoms. The van der Waals surface area contributed by atoms with Gasteiger partial charge in [-0.2, -0.15) is 0 Å². The van der Waals surface area contributed by atoms with E-state index in [-0.39, 0.29) is 0 Å². The number of nitrogens with zero attached hydrogens (tertiary/aromatic N) is 1. The minimum atomic E-state index is 0.352. The third kappa shape index (κ3) is 3.84. The minimum Gasteiger partial charge on any atom is -0.313 e. The maximum absolute atomic E-state index is 4.57. The predicted molar refractivity (Wildman–Crippen MR) is 89.5 cm³/mol. The molecule has 4 heteroatoms. The normalized spacial score (nSPS) is 12.4. The van der Waals surface area contributed by atoms with Crippen molar-refractivity contribution < 1.29 is 0 Å². The summed E-state index contributed by atoms with van der Waals surface area (Å²) in [5.41, 5.74) is 3.58. The van der Waals surface area contributed by atoms with Gasteiger partial charge in [-0.05, 0) is 79.1 Å². The summed E-state index contributed by atoms with van der Waals surface area (Å²) in [4.78, 5) is 5.76. The Morgan fingerprint density at radius 1 is 1.20 bits per heavy atom. The fourth-order valence-electron chi connectivity index (χ4n) is 2.01. The number of hydrogen-bond acceptors (Lipinski definition) is 3. The molecule has 1 aromatic heterocycles. The van der Waals surface area contributed by atoms with Gasteiger partial charge in [0.1, 0.15) is 5.03 Å². The Labute approximate surface area is 133 Å². The smallest absolute Gasteiger partial charge is 0.101 e. The van der Waals surface area contributed by atoms with Gasteiger partial charge in [0, 0.05) is 21.1 Å². The van der Waals surface area contributed by atoms with E-state index >= 15 is 0 Å². The summed E-state index contributed by atoms with van der Waals surface area (Å²) in [6.07, 6.45) is 0. The molecule has 1 N–H and O–H groups in total. The van der Waals surface area contributed by atoms with E-state index in [2.05, 4.69) is 70.4 Å². The van der Waals surface area contributed by atoms with Crippen molar-refractivity contribution in [1.82, 2.24) is 10.3 Å². The van der Waals surface area contributed by atoms with Gasteiger partial charge >= 0.3 is 0 Å². The Hall–Kier alpha value is -0.840. The van der Waals surface area contributed by atoms with E-state index in [0.29, 0.717) is 6.04 Å². The molecule has 106 valence electrons. The van der Waals surface area contributed by atoms with E-state index in [1.54, 1.807) is 11.8 Å². The van der Waals surface area contributed by atoms with Crippen molar-refractivity contribution >= 4 is 27.7 Å². The van der Waals surface area contributed by atoms with Gasteiger partial charge in [-0.25, -0.2) is 4.98 Å². The highest BCUT2D eigenvalue weighted by Gasteiger charge is 2.08. The lowest BCUT2D eigenvalue weighted by molar-refractivity contribution is 0.651. The number of pyridine rings is 1. The lowest BCUT2D eigenvalue weighted by Crippen LogP contribution is -2.12. The second kappa shape index (κ2) is 6.74. The van der Waals surface area contributed by atoms with Crippen LogP contribution in [0.5, 0.6) is 0 Å². The first-order chi connectivity index (χ1) is 9.49. The fraction of sp³-hybridized carbons (Fsp3) is 0.312. The maximum atomic E-state index is 4.57. The van der Waals surface area contributed by atoms with Crippen LogP contribution in [0.2, 0.25) is 0 Å². The van der Waals surface area contributed by atoms with E-state index in [1.165, 1.54) is 16.0 Å². The average Bonchev–Trinajstić information content (AvgIpc) is 2.39. The highest BCUT2D eigenvalue weighted by atomic mass is 79.9. The molecular formula is C16H19BrN2S. The Bertz CT molecular complexity index is 593. The molecule has 0 aliphatic carbocycles. The van der Waals surface area contributed by atoms with Gasteiger partial charge in [0.25, 0.3) is 0 Å². The number of hydrogen-bond donors (Lipinski definition) is 1. The standard InChI is InChI=1S/C16H19BrN2S/c1-10-7-11(2)19-16(8-10)20-15-6-5-13(9-14(15)17)12(3)18-4/h5-9,12,18H,1-4H3. The number of benzene rings is 1. The van der Waals surface area contributed by atoms with E-state index in [1.807, 2.05) is 14.0 Å². The monoisotopic (exact) mass is 350 g/mol. The molecule has 1 unspecified atom stereocenters. The molecule has 0 aliphatic heterocycles. The van der Waals surface area contributed by atoms with Crippen molar-refractivity contribution in [3.8, 4) is 0 Å². The molecule has 0 radical (unpaired) electrons. The summed E-state index contributed by atoms with van der Waals surface area (Å²) in [6, 6.07) is 11.1. The van der Waals surface area contributed by atoms with Crippen LogP contribution in [0.3, 0.4) is 0 Å². The van der Waals surface area contributed by atoms with Crippen molar-refractivity contribution in [2.24, 2.45) is 0 Å². The molecular weight excluding hydrogens is 332 g/mol. The van der Waals surface area contributed by atoms with Gasteiger partial charge in [0.05, 0.1) is 0 Å². The van der Waals surface area contributed by atoms with Crippen LogP contribution < -0.4 is 5.32 Å². The minimum absolute atomic E-state index is 0.352. The molecule has 0 saturated carbocycles. The van der Waals surface area contributed by atoms with Gasteiger partial charge in [-0.3, -0.25) is 0 Å². The largest absolute Gasteiger partial charge is 0.313 e. The third-order valence-corrected chi connectivity index (χ3v) is 5.09. The highest BCUT2D eigenvalue weighted by molar-refractivity contribution is 9.10. The van der Waals surface area contributed by atoms with E-state index in [4.69, 9.17) is 0 Å². The lowest BCUT2D eigenvalue weighted by atomic mass is 10.1. The van der Waals surface area contributed by atoms with Crippen LogP contribution in [-0.4, -0.2) is 12.0 Å². The molecule has 1 heterocycles. The summed E-state index contributed by atoms with van der Waals surface area (Å²) >= 11 is 5.35. The zero-order valence-corrected chi connectivity index (χ0v) is 14.6. The first-order valence-corrected chi connectivity index (χ1v) is 8.20.